The summed E-state index contributed by atoms with van der Waals surface area (Å²) in [6.45, 7) is 0. The van der Waals surface area contributed by atoms with Crippen molar-refractivity contribution in [1.82, 2.24) is 29.9 Å². The maximum Gasteiger partial charge on any atom is 0.210 e. The molecule has 0 bridgehead atoms. The third-order valence-electron chi connectivity index (χ3n) is 3.71. The molecule has 27 heavy (non-hydrogen) atoms. The molecule has 0 spiro atoms. The van der Waals surface area contributed by atoms with Gasteiger partial charge in [-0.05, 0) is 30.3 Å². The Morgan fingerprint density at radius 1 is 1.04 bits per heavy atom. The highest BCUT2D eigenvalue weighted by molar-refractivity contribution is 7.98. The largest absolute Gasteiger partial charge is 0.335 e. The maximum absolute atomic E-state index is 6.23. The fourth-order valence-electron chi connectivity index (χ4n) is 2.41. The lowest BCUT2D eigenvalue weighted by Gasteiger charge is -2.05. The van der Waals surface area contributed by atoms with Gasteiger partial charge in [0.25, 0.3) is 0 Å². The van der Waals surface area contributed by atoms with E-state index in [-0.39, 0.29) is 0 Å². The van der Waals surface area contributed by atoms with Crippen molar-refractivity contribution in [1.29, 1.82) is 0 Å². The second-order valence-electron chi connectivity index (χ2n) is 5.55. The molecule has 7 nitrogen and oxygen atoms in total. The van der Waals surface area contributed by atoms with Crippen molar-refractivity contribution in [3.8, 4) is 17.1 Å². The zero-order chi connectivity index (χ0) is 18.8. The zero-order valence-electron chi connectivity index (χ0n) is 13.8. The Morgan fingerprint density at radius 3 is 2.63 bits per heavy atom. The van der Waals surface area contributed by atoms with E-state index < -0.39 is 0 Å². The molecule has 4 aromatic rings. The average Bonchev–Trinajstić information content (AvgIpc) is 3.28. The minimum absolute atomic E-state index is 0.462. The number of hydrogen-bond acceptors (Lipinski definition) is 6. The summed E-state index contributed by atoms with van der Waals surface area (Å²) in [7, 11) is 0. The molecule has 136 valence electrons. The summed E-state index contributed by atoms with van der Waals surface area (Å²) in [5.41, 5.74) is 2.37. The zero-order valence-corrected chi connectivity index (χ0v) is 16.2. The van der Waals surface area contributed by atoms with E-state index in [2.05, 4.69) is 20.4 Å². The van der Waals surface area contributed by atoms with Crippen LogP contribution in [-0.4, -0.2) is 29.9 Å². The topological polar surface area (TPSA) is 87.4 Å². The fourth-order valence-corrected chi connectivity index (χ4v) is 3.64. The number of rotatable bonds is 5. The molecule has 0 fully saturated rings. The van der Waals surface area contributed by atoms with Gasteiger partial charge in [0, 0.05) is 16.3 Å². The molecule has 0 saturated heterocycles. The molecule has 2 aromatic heterocycles. The Balaban J connectivity index is 1.50. The van der Waals surface area contributed by atoms with E-state index in [1.165, 1.54) is 16.4 Å². The molecule has 0 radical (unpaired) electrons. The summed E-state index contributed by atoms with van der Waals surface area (Å²) in [6, 6.07) is 14.8. The van der Waals surface area contributed by atoms with E-state index >= 15 is 0 Å². The molecule has 0 amide bonds. The lowest BCUT2D eigenvalue weighted by molar-refractivity contribution is 0.744. The van der Waals surface area contributed by atoms with Crippen LogP contribution in [0.4, 0.5) is 0 Å². The second kappa shape index (κ2) is 7.59. The molecule has 4 rings (SSSR count). The van der Waals surface area contributed by atoms with E-state index in [9.17, 15) is 0 Å². The first-order chi connectivity index (χ1) is 13.1. The number of nitrogens with two attached hydrogens (primary N) is 1. The number of para-hydroxylation sites is 1. The van der Waals surface area contributed by atoms with Crippen LogP contribution in [-0.2, 0) is 5.75 Å². The van der Waals surface area contributed by atoms with Gasteiger partial charge >= 0.3 is 0 Å². The molecule has 2 heterocycles. The molecule has 0 unspecified atom stereocenters. The van der Waals surface area contributed by atoms with Gasteiger partial charge in [0.1, 0.15) is 0 Å². The van der Waals surface area contributed by atoms with Crippen molar-refractivity contribution in [2.45, 2.75) is 10.9 Å². The first-order valence-corrected chi connectivity index (χ1v) is 9.61. The maximum atomic E-state index is 6.23. The van der Waals surface area contributed by atoms with Crippen molar-refractivity contribution in [3.63, 3.8) is 0 Å². The van der Waals surface area contributed by atoms with Gasteiger partial charge in [0.15, 0.2) is 5.82 Å². The number of aromatic nitrogens is 6. The highest BCUT2D eigenvalue weighted by Crippen LogP contribution is 2.30. The third-order valence-corrected chi connectivity index (χ3v) is 5.24. The first-order valence-electron chi connectivity index (χ1n) is 7.87. The van der Waals surface area contributed by atoms with Crippen molar-refractivity contribution < 1.29 is 0 Å². The van der Waals surface area contributed by atoms with Gasteiger partial charge in [-0.15, -0.1) is 10.2 Å². The monoisotopic (exact) mass is 417 g/mol. The molecule has 0 aliphatic carbocycles. The first kappa shape index (κ1) is 17.8. The Hall–Kier alpha value is -2.55. The van der Waals surface area contributed by atoms with E-state index in [0.29, 0.717) is 32.3 Å². The van der Waals surface area contributed by atoms with Gasteiger partial charge in [0.05, 0.1) is 22.6 Å². The molecule has 0 atom stereocenters. The molecule has 2 N–H and O–H groups in total. The van der Waals surface area contributed by atoms with Gasteiger partial charge in [-0.2, -0.15) is 15.0 Å². The van der Waals surface area contributed by atoms with Crippen LogP contribution >= 0.6 is 35.0 Å². The standard InChI is InChI=1S/C17H13Cl2N7S/c18-11-6-7-14(15(19)8-11)16-22-23-17(25(16)20)27-10-12-9-21-26(24-12)13-4-2-1-3-5-13/h1-9H,10,20H2. The highest BCUT2D eigenvalue weighted by Gasteiger charge is 2.16. The summed E-state index contributed by atoms with van der Waals surface area (Å²) in [6.07, 6.45) is 1.72. The van der Waals surface area contributed by atoms with Crippen LogP contribution in [0.5, 0.6) is 0 Å². The highest BCUT2D eigenvalue weighted by atomic mass is 35.5. The van der Waals surface area contributed by atoms with E-state index in [4.69, 9.17) is 29.0 Å². The Kier molecular flexibility index (Phi) is 5.02. The lowest BCUT2D eigenvalue weighted by atomic mass is 10.2. The molecule has 0 saturated carbocycles. The predicted octanol–water partition coefficient (Wildman–Crippen LogP) is 3.84. The molecule has 0 aliphatic heterocycles. The number of benzene rings is 2. The number of nitrogens with zero attached hydrogens (tertiary/aromatic N) is 6. The number of hydrogen-bond donors (Lipinski definition) is 1. The van der Waals surface area contributed by atoms with Crippen molar-refractivity contribution in [3.05, 3.63) is 70.5 Å². The lowest BCUT2D eigenvalue weighted by Crippen LogP contribution is -2.11. The summed E-state index contributed by atoms with van der Waals surface area (Å²) < 4.78 is 1.40. The summed E-state index contributed by atoms with van der Waals surface area (Å²) >= 11 is 13.6. The summed E-state index contributed by atoms with van der Waals surface area (Å²) in [5, 5.41) is 18.6. The van der Waals surface area contributed by atoms with Gasteiger partial charge in [-0.1, -0.05) is 53.2 Å². The molecular formula is C17H13Cl2N7S. The van der Waals surface area contributed by atoms with Gasteiger partial charge in [-0.3, -0.25) is 0 Å². The predicted molar refractivity (Wildman–Crippen MR) is 107 cm³/mol. The Morgan fingerprint density at radius 2 is 1.85 bits per heavy atom. The van der Waals surface area contributed by atoms with E-state index in [1.807, 2.05) is 30.3 Å². The number of nitrogen functional groups attached to an aromatic ring is 1. The Labute approximate surface area is 169 Å². The molecule has 2 aromatic carbocycles. The van der Waals surface area contributed by atoms with Crippen LogP contribution < -0.4 is 5.84 Å². The Bertz CT molecular complexity index is 1080. The van der Waals surface area contributed by atoms with Crippen molar-refractivity contribution in [2.24, 2.45) is 0 Å². The van der Waals surface area contributed by atoms with Crippen LogP contribution in [0.25, 0.3) is 17.1 Å². The van der Waals surface area contributed by atoms with Crippen molar-refractivity contribution >= 4 is 35.0 Å². The van der Waals surface area contributed by atoms with E-state index in [1.54, 1.807) is 29.2 Å². The van der Waals surface area contributed by atoms with Crippen LogP contribution in [0.2, 0.25) is 10.0 Å². The van der Waals surface area contributed by atoms with E-state index in [0.717, 1.165) is 11.4 Å². The molecule has 0 aliphatic rings. The number of thioether (sulfide) groups is 1. The van der Waals surface area contributed by atoms with Crippen LogP contribution in [0.3, 0.4) is 0 Å². The summed E-state index contributed by atoms with van der Waals surface area (Å²) in [5.74, 6) is 7.16. The fraction of sp³-hybridized carbons (Fsp3) is 0.0588. The minimum Gasteiger partial charge on any atom is -0.335 e. The van der Waals surface area contributed by atoms with Gasteiger partial charge in [0.2, 0.25) is 5.16 Å². The van der Waals surface area contributed by atoms with Gasteiger partial charge < -0.3 is 5.84 Å². The van der Waals surface area contributed by atoms with Crippen molar-refractivity contribution in [2.75, 3.05) is 5.84 Å². The minimum atomic E-state index is 0.462. The normalized spacial score (nSPS) is 11.0. The molecule has 10 heteroatoms. The molecular weight excluding hydrogens is 405 g/mol. The number of halogens is 2. The smallest absolute Gasteiger partial charge is 0.210 e. The van der Waals surface area contributed by atoms with Crippen LogP contribution in [0, 0.1) is 0 Å². The SMILES string of the molecule is Nn1c(SCc2cnn(-c3ccccc3)n2)nnc1-c1ccc(Cl)cc1Cl. The second-order valence-corrected chi connectivity index (χ2v) is 7.34. The van der Waals surface area contributed by atoms with Crippen LogP contribution in [0.1, 0.15) is 5.69 Å². The van der Waals surface area contributed by atoms with Gasteiger partial charge in [-0.25, -0.2) is 4.68 Å². The van der Waals surface area contributed by atoms with Crippen LogP contribution in [0.15, 0.2) is 59.9 Å². The third kappa shape index (κ3) is 3.78. The quantitative estimate of drug-likeness (QED) is 0.392. The average molecular weight is 418 g/mol. The summed E-state index contributed by atoms with van der Waals surface area (Å²) in [4.78, 5) is 1.59.